The molecule has 2 fully saturated rings. The molecular formula is C32H31F3N4O4. The molecule has 1 aliphatic carbocycles. The summed E-state index contributed by atoms with van der Waals surface area (Å²) in [6.07, 6.45) is 4.10. The molecule has 1 aliphatic heterocycles. The number of pyridine rings is 2. The van der Waals surface area contributed by atoms with Gasteiger partial charge in [0.15, 0.2) is 5.69 Å². The summed E-state index contributed by atoms with van der Waals surface area (Å²) < 4.78 is 52.8. The van der Waals surface area contributed by atoms with E-state index in [0.717, 1.165) is 55.9 Å². The molecule has 43 heavy (non-hydrogen) atoms. The van der Waals surface area contributed by atoms with Crippen LogP contribution in [0, 0.1) is 5.92 Å². The third-order valence-electron chi connectivity index (χ3n) is 7.82. The second-order valence-corrected chi connectivity index (χ2v) is 11.3. The van der Waals surface area contributed by atoms with E-state index in [1.807, 2.05) is 38.1 Å². The molecule has 1 saturated heterocycles. The Balaban J connectivity index is 1.21. The van der Waals surface area contributed by atoms with Crippen molar-refractivity contribution in [2.45, 2.75) is 57.7 Å². The van der Waals surface area contributed by atoms with E-state index in [1.165, 1.54) is 18.3 Å². The van der Waals surface area contributed by atoms with Crippen LogP contribution >= 0.6 is 0 Å². The van der Waals surface area contributed by atoms with E-state index in [2.05, 4.69) is 26.1 Å². The Hall–Kier alpha value is -4.41. The molecule has 2 aliphatic rings. The number of piperidine rings is 1. The highest BCUT2D eigenvalue weighted by Crippen LogP contribution is 2.46. The molecule has 0 amide bonds. The number of nitrogens with zero attached hydrogens (tertiary/aromatic N) is 4. The third-order valence-corrected chi connectivity index (χ3v) is 7.82. The molecule has 8 nitrogen and oxygen atoms in total. The van der Waals surface area contributed by atoms with Gasteiger partial charge in [0.05, 0.1) is 17.2 Å². The number of aromatic nitrogens is 3. The van der Waals surface area contributed by atoms with Crippen molar-refractivity contribution in [2.24, 2.45) is 5.92 Å². The van der Waals surface area contributed by atoms with Gasteiger partial charge in [0.25, 0.3) is 0 Å². The summed E-state index contributed by atoms with van der Waals surface area (Å²) in [6.45, 7) is 5.31. The fourth-order valence-corrected chi connectivity index (χ4v) is 5.53. The van der Waals surface area contributed by atoms with E-state index in [4.69, 9.17) is 9.26 Å². The number of alkyl halides is 3. The molecule has 0 atom stereocenters. The standard InChI is InChI=1S/C32H31F3N4O4/c1-18(2)42-27-17-26(31(40)41)37-25-10-8-21(16-23(25)27)39-14-11-19(12-15-39)5-9-22-28(38-43-30(22)20-6-7-20)29-24(32(33,34)35)4-3-13-36-29/h3-5,8-10,13,16-20H,6-7,11-12,14-15H2,1-2H3,(H,40,41)/b9-5+. The Morgan fingerprint density at radius 2 is 1.88 bits per heavy atom. The minimum atomic E-state index is -4.56. The summed E-state index contributed by atoms with van der Waals surface area (Å²) in [5.41, 5.74) is 1.12. The molecule has 224 valence electrons. The number of ether oxygens (including phenoxy) is 1. The van der Waals surface area contributed by atoms with Gasteiger partial charge in [0.2, 0.25) is 0 Å². The quantitative estimate of drug-likeness (QED) is 0.223. The molecule has 1 aromatic carbocycles. The third kappa shape index (κ3) is 6.07. The van der Waals surface area contributed by atoms with E-state index in [1.54, 1.807) is 0 Å². The van der Waals surface area contributed by atoms with E-state index >= 15 is 0 Å². The highest BCUT2D eigenvalue weighted by molar-refractivity contribution is 5.94. The summed E-state index contributed by atoms with van der Waals surface area (Å²) in [5.74, 6) is 0.377. The zero-order valence-corrected chi connectivity index (χ0v) is 23.8. The van der Waals surface area contributed by atoms with Gasteiger partial charge in [0.1, 0.15) is 22.9 Å². The van der Waals surface area contributed by atoms with Crippen LogP contribution in [0.15, 0.2) is 53.2 Å². The van der Waals surface area contributed by atoms with E-state index in [-0.39, 0.29) is 35.0 Å². The van der Waals surface area contributed by atoms with Crippen molar-refractivity contribution in [2.75, 3.05) is 18.0 Å². The number of fused-ring (bicyclic) bond motifs is 1. The minimum absolute atomic E-state index is 0.0676. The highest BCUT2D eigenvalue weighted by atomic mass is 19.4. The van der Waals surface area contributed by atoms with E-state index in [0.29, 0.717) is 22.6 Å². The van der Waals surface area contributed by atoms with Crippen molar-refractivity contribution in [1.29, 1.82) is 0 Å². The maximum absolute atomic E-state index is 13.8. The number of carboxylic acids is 1. The summed E-state index contributed by atoms with van der Waals surface area (Å²) >= 11 is 0. The van der Waals surface area contributed by atoms with Gasteiger partial charge in [-0.25, -0.2) is 9.78 Å². The number of aromatic carboxylic acids is 1. The van der Waals surface area contributed by atoms with Crippen LogP contribution in [-0.2, 0) is 6.18 Å². The monoisotopic (exact) mass is 592 g/mol. The number of anilines is 1. The van der Waals surface area contributed by atoms with Crippen LogP contribution in [0.1, 0.15) is 72.8 Å². The number of carbonyl (C=O) groups is 1. The minimum Gasteiger partial charge on any atom is -0.490 e. The second kappa shape index (κ2) is 11.3. The van der Waals surface area contributed by atoms with Gasteiger partial charge < -0.3 is 19.3 Å². The number of allylic oxidation sites excluding steroid dienone is 1. The first kappa shape index (κ1) is 28.7. The zero-order valence-electron chi connectivity index (χ0n) is 23.8. The van der Waals surface area contributed by atoms with Gasteiger partial charge >= 0.3 is 12.1 Å². The van der Waals surface area contributed by atoms with Gasteiger partial charge in [-0.15, -0.1) is 0 Å². The van der Waals surface area contributed by atoms with Gasteiger partial charge in [-0.05, 0) is 75.8 Å². The Labute approximate surface area is 246 Å². The molecular weight excluding hydrogens is 561 g/mol. The Morgan fingerprint density at radius 1 is 1.12 bits per heavy atom. The van der Waals surface area contributed by atoms with Crippen LogP contribution in [0.3, 0.4) is 0 Å². The number of carboxylic acid groups (broad SMARTS) is 1. The number of benzene rings is 1. The maximum atomic E-state index is 13.8. The largest absolute Gasteiger partial charge is 0.490 e. The molecule has 0 radical (unpaired) electrons. The van der Waals surface area contributed by atoms with E-state index < -0.39 is 17.7 Å². The molecule has 1 saturated carbocycles. The fraction of sp³-hybridized carbons (Fsp3) is 0.375. The molecule has 1 N–H and O–H groups in total. The Kier molecular flexibility index (Phi) is 7.57. The lowest BCUT2D eigenvalue weighted by Crippen LogP contribution is -2.33. The van der Waals surface area contributed by atoms with Crippen molar-refractivity contribution in [3.63, 3.8) is 0 Å². The Bertz CT molecular complexity index is 1690. The SMILES string of the molecule is CC(C)Oc1cc(C(=O)O)nc2ccc(N3CCC(/C=C/c4c(-c5ncccc5C(F)(F)F)noc4C4CC4)CC3)cc12. The molecule has 0 spiro atoms. The predicted molar refractivity (Wildman–Crippen MR) is 155 cm³/mol. The number of hydrogen-bond acceptors (Lipinski definition) is 7. The lowest BCUT2D eigenvalue weighted by molar-refractivity contribution is -0.137. The molecule has 11 heteroatoms. The first-order chi connectivity index (χ1) is 20.6. The maximum Gasteiger partial charge on any atom is 0.418 e. The second-order valence-electron chi connectivity index (χ2n) is 11.3. The summed E-state index contributed by atoms with van der Waals surface area (Å²) in [7, 11) is 0. The molecule has 4 aromatic rings. The van der Waals surface area contributed by atoms with Crippen LogP contribution in [0.25, 0.3) is 28.4 Å². The van der Waals surface area contributed by atoms with Crippen LogP contribution in [0.5, 0.6) is 5.75 Å². The molecule has 4 heterocycles. The normalized spacial score (nSPS) is 16.5. The van der Waals surface area contributed by atoms with Crippen molar-refractivity contribution in [1.82, 2.24) is 15.1 Å². The number of hydrogen-bond donors (Lipinski definition) is 1. The van der Waals surface area contributed by atoms with Crippen LogP contribution in [0.4, 0.5) is 18.9 Å². The van der Waals surface area contributed by atoms with E-state index in [9.17, 15) is 23.1 Å². The Morgan fingerprint density at radius 3 is 2.56 bits per heavy atom. The molecule has 0 unspecified atom stereocenters. The van der Waals surface area contributed by atoms with Gasteiger partial charge in [-0.2, -0.15) is 13.2 Å². The van der Waals surface area contributed by atoms with Gasteiger partial charge in [-0.1, -0.05) is 17.3 Å². The smallest absolute Gasteiger partial charge is 0.418 e. The fourth-order valence-electron chi connectivity index (χ4n) is 5.53. The van der Waals surface area contributed by atoms with Crippen LogP contribution in [-0.4, -0.2) is 45.4 Å². The average molecular weight is 593 g/mol. The first-order valence-corrected chi connectivity index (χ1v) is 14.4. The van der Waals surface area contributed by atoms with Crippen molar-refractivity contribution < 1.29 is 32.3 Å². The summed E-state index contributed by atoms with van der Waals surface area (Å²) in [5, 5.41) is 14.3. The molecule has 3 aromatic heterocycles. The van der Waals surface area contributed by atoms with Gasteiger partial charge in [0, 0.05) is 47.9 Å². The average Bonchev–Trinajstić information content (AvgIpc) is 3.74. The zero-order chi connectivity index (χ0) is 30.3. The molecule has 6 rings (SSSR count). The van der Waals surface area contributed by atoms with Crippen LogP contribution in [0.2, 0.25) is 0 Å². The number of rotatable bonds is 8. The predicted octanol–water partition coefficient (Wildman–Crippen LogP) is 7.60. The van der Waals surface area contributed by atoms with Crippen molar-refractivity contribution in [3.8, 4) is 17.1 Å². The molecule has 0 bridgehead atoms. The summed E-state index contributed by atoms with van der Waals surface area (Å²) in [6, 6.07) is 9.49. The summed E-state index contributed by atoms with van der Waals surface area (Å²) in [4.78, 5) is 22.1. The lowest BCUT2D eigenvalue weighted by atomic mass is 9.94. The van der Waals surface area contributed by atoms with Gasteiger partial charge in [-0.3, -0.25) is 4.98 Å². The highest BCUT2D eigenvalue weighted by Gasteiger charge is 2.38. The lowest BCUT2D eigenvalue weighted by Gasteiger charge is -2.32. The number of halogens is 3. The van der Waals surface area contributed by atoms with Crippen molar-refractivity contribution in [3.05, 3.63) is 71.3 Å². The first-order valence-electron chi connectivity index (χ1n) is 14.4. The van der Waals surface area contributed by atoms with Crippen LogP contribution < -0.4 is 9.64 Å². The topological polar surface area (TPSA) is 102 Å². The van der Waals surface area contributed by atoms with Crippen molar-refractivity contribution >= 4 is 28.6 Å².